The Morgan fingerprint density at radius 1 is 0.889 bits per heavy atom. The lowest BCUT2D eigenvalue weighted by molar-refractivity contribution is 0.243. The normalized spacial score (nSPS) is 12.6. The van der Waals surface area contributed by atoms with Gasteiger partial charge in [0, 0.05) is 6.54 Å². The van der Waals surface area contributed by atoms with Crippen LogP contribution in [0.15, 0.2) is 29.3 Å². The number of allylic oxidation sites excluding steroid dienone is 4. The molecule has 4 nitrogen and oxygen atoms in total. The van der Waals surface area contributed by atoms with E-state index in [1.54, 1.807) is 0 Å². The van der Waals surface area contributed by atoms with Gasteiger partial charge in [-0.2, -0.15) is 0 Å². The van der Waals surface area contributed by atoms with Crippen molar-refractivity contribution >= 4 is 33.6 Å². The molecule has 0 aromatic carbocycles. The number of nitrogens with zero attached hydrogens (tertiary/aromatic N) is 2. The first kappa shape index (κ1) is 23.5. The molecule has 0 aliphatic heterocycles. The van der Waals surface area contributed by atoms with Crippen LogP contribution in [0.5, 0.6) is 0 Å². The number of unbranched alkanes of at least 4 members (excludes halogenated alkanes) is 9. The third-order valence-electron chi connectivity index (χ3n) is 4.29. The lowest BCUT2D eigenvalue weighted by atomic mass is 10.1. The maximum Gasteiger partial charge on any atom is 0.218 e. The first-order valence-electron chi connectivity index (χ1n) is 11.1. The number of hydrogen-bond donors (Lipinski definition) is 0. The van der Waals surface area contributed by atoms with Crippen molar-refractivity contribution in [3.8, 4) is 0 Å². The Kier molecular flexibility index (Phi) is 16.7. The molecule has 0 fully saturated rings. The van der Waals surface area contributed by atoms with E-state index in [0.29, 0.717) is 6.54 Å². The summed E-state index contributed by atoms with van der Waals surface area (Å²) in [6.07, 6.45) is 22.8. The van der Waals surface area contributed by atoms with Gasteiger partial charge >= 0.3 is 0 Å². The lowest BCUT2D eigenvalue weighted by Gasteiger charge is -2.15. The fourth-order valence-electron chi connectivity index (χ4n) is 2.67. The second kappa shape index (κ2) is 19.2. The maximum absolute atomic E-state index is 11.6. The molecule has 150 valence electrons. The van der Waals surface area contributed by atoms with E-state index in [2.05, 4.69) is 36.2 Å². The summed E-state index contributed by atoms with van der Waals surface area (Å²) in [5, 5.41) is 0. The smallest absolute Gasteiger partial charge is 0.218 e. The van der Waals surface area contributed by atoms with E-state index in [1.807, 2.05) is 0 Å². The first-order chi connectivity index (χ1) is 13.5. The molecule has 0 aliphatic rings. The molecule has 0 radical (unpaired) electrons. The minimum atomic E-state index is -0.451. The average molecular weight is 374 g/mol. The van der Waals surface area contributed by atoms with Crippen LogP contribution < -0.4 is 0 Å². The molecule has 0 rings (SSSR count). The third-order valence-corrected chi connectivity index (χ3v) is 4.29. The second-order valence-corrected chi connectivity index (χ2v) is 6.99. The van der Waals surface area contributed by atoms with Crippen LogP contribution in [0.2, 0.25) is 0 Å². The SMILES string of the molecule is [3H]/C(=N/C(B)=O)N(CCCCCCCC/C=C\C/C=C\CCCCC)C(B)=O. The van der Waals surface area contributed by atoms with Gasteiger partial charge in [-0.25, -0.2) is 4.99 Å². The van der Waals surface area contributed by atoms with Crippen LogP contribution in [0.4, 0.5) is 9.59 Å². The zero-order valence-electron chi connectivity index (χ0n) is 18.7. The molecule has 0 N–H and O–H groups in total. The highest BCUT2D eigenvalue weighted by Gasteiger charge is 2.04. The highest BCUT2D eigenvalue weighted by molar-refractivity contribution is 6.59. The van der Waals surface area contributed by atoms with Crippen molar-refractivity contribution < 1.29 is 11.0 Å². The number of aliphatic imine (C=N–C) groups is 1. The van der Waals surface area contributed by atoms with Gasteiger partial charge in [-0.3, -0.25) is 9.59 Å². The van der Waals surface area contributed by atoms with Crippen LogP contribution in [0.3, 0.4) is 0 Å². The third kappa shape index (κ3) is 19.0. The molecule has 0 atom stereocenters. The predicted molar refractivity (Wildman–Crippen MR) is 122 cm³/mol. The van der Waals surface area contributed by atoms with E-state index in [0.717, 1.165) is 32.1 Å². The van der Waals surface area contributed by atoms with E-state index in [9.17, 15) is 9.59 Å². The standard InChI is InChI=1S/C21H38B2N2O2/c1-2-3-4-5-6-7-8-9-10-11-12-13-14-15-16-17-18-25(21(23)27)19-24-20(22)26/h6-7,9-10,19H,2-5,8,11-18,22-23H2,1H3/b7-6-,10-9-,24-19-/i19T. The first-order valence-corrected chi connectivity index (χ1v) is 10.6. The lowest BCUT2D eigenvalue weighted by Crippen LogP contribution is -2.29. The van der Waals surface area contributed by atoms with Crippen LogP contribution in [-0.4, -0.2) is 45.1 Å². The Morgan fingerprint density at radius 3 is 2.00 bits per heavy atom. The minimum absolute atomic E-state index is 0.238. The molecule has 27 heavy (non-hydrogen) atoms. The van der Waals surface area contributed by atoms with Gasteiger partial charge in [-0.05, 0) is 38.5 Å². The number of amides is 2. The summed E-state index contributed by atoms with van der Waals surface area (Å²) in [5.41, 5.74) is 0. The Labute approximate surface area is 169 Å². The molecule has 0 unspecified atom stereocenters. The number of hydrogen-bond acceptors (Lipinski definition) is 2. The number of rotatable bonds is 15. The summed E-state index contributed by atoms with van der Waals surface area (Å²) in [6.45, 7) is 2.69. The molecule has 0 spiro atoms. The zero-order chi connectivity index (χ0) is 21.0. The van der Waals surface area contributed by atoms with Crippen molar-refractivity contribution in [2.75, 3.05) is 6.54 Å². The van der Waals surface area contributed by atoms with Gasteiger partial charge in [0.2, 0.25) is 15.7 Å². The van der Waals surface area contributed by atoms with Gasteiger partial charge in [-0.1, -0.05) is 69.8 Å². The molecule has 0 bridgehead atoms. The van der Waals surface area contributed by atoms with E-state index in [-0.39, 0.29) is 12.1 Å². The topological polar surface area (TPSA) is 49.7 Å². The molecule has 2 amide bonds. The molecular weight excluding hydrogens is 334 g/mol. The highest BCUT2D eigenvalue weighted by atomic mass is 16.2. The monoisotopic (exact) mass is 374 g/mol. The Morgan fingerprint density at radius 2 is 1.44 bits per heavy atom. The van der Waals surface area contributed by atoms with Gasteiger partial charge in [-0.15, -0.1) is 0 Å². The van der Waals surface area contributed by atoms with Crippen LogP contribution in [-0.2, 0) is 0 Å². The van der Waals surface area contributed by atoms with Gasteiger partial charge in [0.25, 0.3) is 0 Å². The average Bonchev–Trinajstić information content (AvgIpc) is 2.63. The van der Waals surface area contributed by atoms with Gasteiger partial charge < -0.3 is 4.90 Å². The Hall–Kier alpha value is -1.58. The Balaban J connectivity index is 3.64. The van der Waals surface area contributed by atoms with Crippen molar-refractivity contribution in [1.29, 1.82) is 0 Å². The van der Waals surface area contributed by atoms with Crippen molar-refractivity contribution in [3.63, 3.8) is 0 Å². The van der Waals surface area contributed by atoms with Gasteiger partial charge in [0.05, 0.1) is 6.31 Å². The predicted octanol–water partition coefficient (Wildman–Crippen LogP) is 4.64. The molecule has 0 heterocycles. The summed E-state index contributed by atoms with van der Waals surface area (Å²) in [7, 11) is 2.69. The van der Waals surface area contributed by atoms with Crippen molar-refractivity contribution in [2.45, 2.75) is 84.0 Å². The Bertz CT molecular complexity index is 523. The van der Waals surface area contributed by atoms with Crippen molar-refractivity contribution in [2.24, 2.45) is 4.99 Å². The van der Waals surface area contributed by atoms with Gasteiger partial charge in [0.15, 0.2) is 11.6 Å². The molecule has 0 saturated heterocycles. The highest BCUT2D eigenvalue weighted by Crippen LogP contribution is 2.08. The second-order valence-electron chi connectivity index (χ2n) is 6.99. The van der Waals surface area contributed by atoms with E-state index < -0.39 is 5.81 Å². The van der Waals surface area contributed by atoms with Crippen LogP contribution in [0.25, 0.3) is 0 Å². The maximum atomic E-state index is 11.6. The summed E-state index contributed by atoms with van der Waals surface area (Å²) in [5.74, 6) is -0.689. The largest absolute Gasteiger partial charge is 0.312 e. The number of carbonyl (C=O) groups is 2. The summed E-state index contributed by atoms with van der Waals surface area (Å²) in [6, 6.07) is 0. The quantitative estimate of drug-likeness (QED) is 0.138. The molecular formula is C21H38B2N2O2. The molecule has 0 aromatic heterocycles. The summed E-state index contributed by atoms with van der Waals surface area (Å²) < 4.78 is 7.70. The van der Waals surface area contributed by atoms with Crippen LogP contribution >= 0.6 is 0 Å². The summed E-state index contributed by atoms with van der Waals surface area (Å²) >= 11 is 0. The number of carbonyl (C=O) groups excluding carboxylic acids is 2. The van der Waals surface area contributed by atoms with Gasteiger partial charge in [0.1, 0.15) is 1.37 Å². The van der Waals surface area contributed by atoms with Crippen molar-refractivity contribution in [1.82, 2.24) is 4.90 Å². The van der Waals surface area contributed by atoms with Crippen LogP contribution in [0, 0.1) is 0 Å². The molecule has 0 saturated carbocycles. The fraction of sp³-hybridized carbons (Fsp3) is 0.667. The number of amidine groups is 1. The van der Waals surface area contributed by atoms with Crippen molar-refractivity contribution in [3.05, 3.63) is 24.3 Å². The van der Waals surface area contributed by atoms with E-state index in [4.69, 9.17) is 1.37 Å². The molecule has 0 aliphatic carbocycles. The zero-order valence-corrected chi connectivity index (χ0v) is 17.7. The van der Waals surface area contributed by atoms with E-state index in [1.165, 1.54) is 65.5 Å². The minimum Gasteiger partial charge on any atom is -0.312 e. The van der Waals surface area contributed by atoms with Crippen LogP contribution in [0.1, 0.15) is 85.3 Å². The summed E-state index contributed by atoms with van der Waals surface area (Å²) in [4.78, 5) is 27.3. The molecule has 6 heteroatoms. The fourth-order valence-corrected chi connectivity index (χ4v) is 2.67. The molecule has 0 aromatic rings. The van der Waals surface area contributed by atoms with E-state index >= 15 is 0 Å².